The number of hydrogen-bond acceptors (Lipinski definition) is 5. The van der Waals surface area contributed by atoms with Crippen molar-refractivity contribution in [3.05, 3.63) is 42.4 Å². The van der Waals surface area contributed by atoms with Gasteiger partial charge >= 0.3 is 0 Å². The number of phenolic OH excluding ortho intramolecular Hbond substituents is 1. The summed E-state index contributed by atoms with van der Waals surface area (Å²) in [6, 6.07) is 6.82. The number of hydrogen-bond donors (Lipinski definition) is 2. The summed E-state index contributed by atoms with van der Waals surface area (Å²) in [6.07, 6.45) is 3.10. The van der Waals surface area contributed by atoms with E-state index in [1.807, 2.05) is 6.07 Å². The van der Waals surface area contributed by atoms with Gasteiger partial charge in [0.05, 0.1) is 0 Å². The van der Waals surface area contributed by atoms with Gasteiger partial charge in [0.1, 0.15) is 16.4 Å². The second kappa shape index (κ2) is 4.97. The molecular formula is C12H12N4OS. The molecule has 1 aromatic carbocycles. The SMILES string of the molecule is CN(c1cccc(O)c1)c1nccnc1C(N)=S. The number of thiocarbonyl (C=S) groups is 1. The van der Waals surface area contributed by atoms with Gasteiger partial charge in [0.2, 0.25) is 0 Å². The number of rotatable bonds is 3. The normalized spacial score (nSPS) is 10.1. The van der Waals surface area contributed by atoms with Gasteiger partial charge in [-0.05, 0) is 12.1 Å². The predicted octanol–water partition coefficient (Wildman–Crippen LogP) is 1.58. The highest BCUT2D eigenvalue weighted by molar-refractivity contribution is 7.80. The third kappa shape index (κ3) is 2.38. The molecule has 0 aliphatic carbocycles. The van der Waals surface area contributed by atoms with E-state index in [1.54, 1.807) is 36.3 Å². The first kappa shape index (κ1) is 12.3. The van der Waals surface area contributed by atoms with Crippen LogP contribution in [0.2, 0.25) is 0 Å². The molecule has 0 spiro atoms. The van der Waals surface area contributed by atoms with E-state index >= 15 is 0 Å². The van der Waals surface area contributed by atoms with Crippen LogP contribution in [-0.4, -0.2) is 27.1 Å². The summed E-state index contributed by atoms with van der Waals surface area (Å²) in [5, 5.41) is 9.47. The first-order chi connectivity index (χ1) is 8.59. The van der Waals surface area contributed by atoms with Crippen molar-refractivity contribution in [1.82, 2.24) is 9.97 Å². The second-order valence-corrected chi connectivity index (χ2v) is 4.11. The Morgan fingerprint density at radius 2 is 2.06 bits per heavy atom. The monoisotopic (exact) mass is 260 g/mol. The minimum Gasteiger partial charge on any atom is -0.508 e. The molecule has 0 radical (unpaired) electrons. The van der Waals surface area contributed by atoms with Gasteiger partial charge < -0.3 is 15.7 Å². The fourth-order valence-electron chi connectivity index (χ4n) is 1.57. The zero-order chi connectivity index (χ0) is 13.1. The summed E-state index contributed by atoms with van der Waals surface area (Å²) < 4.78 is 0. The molecule has 6 heteroatoms. The molecule has 0 fully saturated rings. The van der Waals surface area contributed by atoms with Crippen molar-refractivity contribution in [2.24, 2.45) is 5.73 Å². The zero-order valence-corrected chi connectivity index (χ0v) is 10.6. The molecule has 3 N–H and O–H groups in total. The number of nitrogens with zero attached hydrogens (tertiary/aromatic N) is 3. The quantitative estimate of drug-likeness (QED) is 0.816. The van der Waals surface area contributed by atoms with E-state index in [0.29, 0.717) is 11.5 Å². The second-order valence-electron chi connectivity index (χ2n) is 3.67. The van der Waals surface area contributed by atoms with Crippen LogP contribution in [0.25, 0.3) is 0 Å². The topological polar surface area (TPSA) is 75.3 Å². The summed E-state index contributed by atoms with van der Waals surface area (Å²) in [4.78, 5) is 10.3. The largest absolute Gasteiger partial charge is 0.508 e. The van der Waals surface area contributed by atoms with Crippen LogP contribution in [0, 0.1) is 0 Å². The van der Waals surface area contributed by atoms with Gasteiger partial charge in [0.25, 0.3) is 0 Å². The Hall–Kier alpha value is -2.21. The van der Waals surface area contributed by atoms with Gasteiger partial charge in [-0.1, -0.05) is 18.3 Å². The van der Waals surface area contributed by atoms with E-state index in [2.05, 4.69) is 9.97 Å². The Kier molecular flexibility index (Phi) is 3.38. The van der Waals surface area contributed by atoms with Crippen molar-refractivity contribution < 1.29 is 5.11 Å². The lowest BCUT2D eigenvalue weighted by molar-refractivity contribution is 0.475. The molecule has 18 heavy (non-hydrogen) atoms. The van der Waals surface area contributed by atoms with Crippen molar-refractivity contribution in [1.29, 1.82) is 0 Å². The summed E-state index contributed by atoms with van der Waals surface area (Å²) in [6.45, 7) is 0. The Morgan fingerprint density at radius 3 is 2.72 bits per heavy atom. The fraction of sp³-hybridized carbons (Fsp3) is 0.0833. The van der Waals surface area contributed by atoms with Gasteiger partial charge in [0, 0.05) is 31.2 Å². The van der Waals surface area contributed by atoms with E-state index in [9.17, 15) is 5.11 Å². The first-order valence-corrected chi connectivity index (χ1v) is 5.64. The molecule has 0 aliphatic rings. The van der Waals surface area contributed by atoms with Crippen LogP contribution in [0.1, 0.15) is 5.69 Å². The van der Waals surface area contributed by atoms with Gasteiger partial charge in [-0.2, -0.15) is 0 Å². The average molecular weight is 260 g/mol. The minimum absolute atomic E-state index is 0.181. The molecule has 5 nitrogen and oxygen atoms in total. The van der Waals surface area contributed by atoms with E-state index < -0.39 is 0 Å². The molecule has 0 aliphatic heterocycles. The maximum absolute atomic E-state index is 9.47. The molecule has 0 amide bonds. The van der Waals surface area contributed by atoms with E-state index in [1.165, 1.54) is 6.20 Å². The Bertz CT molecular complexity index is 588. The highest BCUT2D eigenvalue weighted by Gasteiger charge is 2.13. The number of phenols is 1. The third-order valence-electron chi connectivity index (χ3n) is 2.45. The number of benzene rings is 1. The van der Waals surface area contributed by atoms with Crippen molar-refractivity contribution in [2.45, 2.75) is 0 Å². The molecule has 92 valence electrons. The van der Waals surface area contributed by atoms with Gasteiger partial charge in [-0.15, -0.1) is 0 Å². The lowest BCUT2D eigenvalue weighted by Gasteiger charge is -2.20. The zero-order valence-electron chi connectivity index (χ0n) is 9.74. The Labute approximate surface area is 110 Å². The van der Waals surface area contributed by atoms with Gasteiger partial charge in [-0.25, -0.2) is 9.97 Å². The summed E-state index contributed by atoms with van der Waals surface area (Å²) in [5.74, 6) is 0.732. The maximum Gasteiger partial charge on any atom is 0.161 e. The summed E-state index contributed by atoms with van der Waals surface area (Å²) in [7, 11) is 1.81. The standard InChI is InChI=1S/C12H12N4OS/c1-16(8-3-2-4-9(17)7-8)12-10(11(13)18)14-5-6-15-12/h2-7,17H,1H3,(H2,13,18). The number of nitrogens with two attached hydrogens (primary N) is 1. The minimum atomic E-state index is 0.181. The van der Waals surface area contributed by atoms with E-state index in [4.69, 9.17) is 18.0 Å². The lowest BCUT2D eigenvalue weighted by atomic mass is 10.2. The molecule has 1 aromatic heterocycles. The smallest absolute Gasteiger partial charge is 0.161 e. The molecule has 0 saturated carbocycles. The lowest BCUT2D eigenvalue weighted by Crippen LogP contribution is -2.20. The molecule has 0 atom stereocenters. The maximum atomic E-state index is 9.47. The van der Waals surface area contributed by atoms with E-state index in [0.717, 1.165) is 5.69 Å². The van der Waals surface area contributed by atoms with Crippen molar-refractivity contribution in [3.8, 4) is 5.75 Å². The molecule has 0 saturated heterocycles. The van der Waals surface area contributed by atoms with Crippen LogP contribution in [0.15, 0.2) is 36.7 Å². The van der Waals surface area contributed by atoms with E-state index in [-0.39, 0.29) is 10.7 Å². The first-order valence-electron chi connectivity index (χ1n) is 5.23. The van der Waals surface area contributed by atoms with Crippen LogP contribution in [-0.2, 0) is 0 Å². The van der Waals surface area contributed by atoms with Crippen molar-refractivity contribution >= 4 is 28.7 Å². The molecular weight excluding hydrogens is 248 g/mol. The number of aromatic nitrogens is 2. The molecule has 0 bridgehead atoms. The van der Waals surface area contributed by atoms with Gasteiger partial charge in [0.15, 0.2) is 5.82 Å². The predicted molar refractivity (Wildman–Crippen MR) is 74.1 cm³/mol. The average Bonchev–Trinajstić information content (AvgIpc) is 2.38. The van der Waals surface area contributed by atoms with Crippen LogP contribution in [0.4, 0.5) is 11.5 Å². The fourth-order valence-corrected chi connectivity index (χ4v) is 1.72. The Balaban J connectivity index is 2.46. The molecule has 0 unspecified atom stereocenters. The van der Waals surface area contributed by atoms with Crippen LogP contribution in [0.3, 0.4) is 0 Å². The van der Waals surface area contributed by atoms with Crippen molar-refractivity contribution in [2.75, 3.05) is 11.9 Å². The number of aromatic hydroxyl groups is 1. The number of anilines is 2. The third-order valence-corrected chi connectivity index (χ3v) is 2.64. The molecule has 2 aromatic rings. The van der Waals surface area contributed by atoms with Crippen LogP contribution >= 0.6 is 12.2 Å². The molecule has 1 heterocycles. The van der Waals surface area contributed by atoms with Crippen molar-refractivity contribution in [3.63, 3.8) is 0 Å². The molecule has 2 rings (SSSR count). The highest BCUT2D eigenvalue weighted by atomic mass is 32.1. The van der Waals surface area contributed by atoms with Crippen LogP contribution in [0.5, 0.6) is 5.75 Å². The summed E-state index contributed by atoms with van der Waals surface area (Å²) >= 11 is 4.94. The van der Waals surface area contributed by atoms with Gasteiger partial charge in [-0.3, -0.25) is 0 Å². The van der Waals surface area contributed by atoms with Crippen LogP contribution < -0.4 is 10.6 Å². The Morgan fingerprint density at radius 1 is 1.33 bits per heavy atom. The summed E-state index contributed by atoms with van der Waals surface area (Å²) in [5.41, 5.74) is 6.84. The highest BCUT2D eigenvalue weighted by Crippen LogP contribution is 2.26.